The molecule has 1 aromatic carbocycles. The second-order valence-electron chi connectivity index (χ2n) is 6.35. The molecule has 0 fully saturated rings. The van der Waals surface area contributed by atoms with Crippen molar-refractivity contribution in [3.05, 3.63) is 35.4 Å². The molecule has 0 saturated carbocycles. The van der Waals surface area contributed by atoms with Crippen LogP contribution in [0.5, 0.6) is 0 Å². The van der Waals surface area contributed by atoms with Crippen LogP contribution in [-0.4, -0.2) is 43.8 Å². The van der Waals surface area contributed by atoms with Gasteiger partial charge in [-0.15, -0.1) is 5.92 Å². The summed E-state index contributed by atoms with van der Waals surface area (Å²) >= 11 is 0. The number of carbonyl (C=O) groups excluding carboxylic acids is 1. The van der Waals surface area contributed by atoms with Crippen molar-refractivity contribution in [1.82, 2.24) is 0 Å². The highest BCUT2D eigenvalue weighted by atomic mass is 32.2. The Hall–Kier alpha value is -2.33. The molecular weight excluding hydrogens is 354 g/mol. The Bertz CT molecular complexity index is 861. The van der Waals surface area contributed by atoms with Crippen LogP contribution in [0.3, 0.4) is 0 Å². The van der Waals surface area contributed by atoms with Crippen molar-refractivity contribution in [3.8, 4) is 11.8 Å². The summed E-state index contributed by atoms with van der Waals surface area (Å²) < 4.78 is 27.7. The van der Waals surface area contributed by atoms with Gasteiger partial charge >= 0.3 is 5.97 Å². The van der Waals surface area contributed by atoms with Crippen LogP contribution in [0.4, 0.5) is 0 Å². The maximum absolute atomic E-state index is 12.2. The molecule has 0 spiro atoms. The van der Waals surface area contributed by atoms with Gasteiger partial charge in [-0.3, -0.25) is 4.79 Å². The van der Waals surface area contributed by atoms with Gasteiger partial charge in [0.2, 0.25) is 0 Å². The van der Waals surface area contributed by atoms with Gasteiger partial charge in [0.1, 0.15) is 6.10 Å². The van der Waals surface area contributed by atoms with Gasteiger partial charge in [-0.1, -0.05) is 23.2 Å². The molecule has 0 amide bonds. The molecule has 1 aliphatic heterocycles. The predicted octanol–water partition coefficient (Wildman–Crippen LogP) is 2.31. The average Bonchev–Trinajstić information content (AvgIpc) is 3.03. The smallest absolute Gasteiger partial charge is 0.327 e. The van der Waals surface area contributed by atoms with E-state index in [4.69, 9.17) is 9.57 Å². The van der Waals surface area contributed by atoms with Crippen LogP contribution in [0.1, 0.15) is 44.7 Å². The number of hydrogen-bond acceptors (Lipinski definition) is 6. The van der Waals surface area contributed by atoms with Crippen molar-refractivity contribution in [1.29, 1.82) is 0 Å². The van der Waals surface area contributed by atoms with Gasteiger partial charge in [-0.2, -0.15) is 0 Å². The molecular formula is C19H23NO5S. The Morgan fingerprint density at radius 3 is 2.58 bits per heavy atom. The highest BCUT2D eigenvalue weighted by molar-refractivity contribution is 7.92. The molecule has 1 heterocycles. The number of esters is 1. The largest absolute Gasteiger partial charge is 0.465 e. The Kier molecular flexibility index (Phi) is 6.09. The number of hydrogen-bond donors (Lipinski definition) is 0. The molecule has 2 rings (SSSR count). The SMILES string of the molecule is CC#Cc1ccc(C2=NOC(C[C@](C)(C(=O)OCC)S(C)(=O)=O)C2)cc1. The molecule has 0 saturated heterocycles. The second kappa shape index (κ2) is 7.92. The monoisotopic (exact) mass is 377 g/mol. The standard InChI is InChI=1S/C19H23NO5S/c1-5-7-14-8-10-15(11-9-14)17-12-16(25-20-17)13-19(3,26(4,22)23)18(21)24-6-2/h8-11,16H,6,12-13H2,1-4H3/t16?,19-/m1/s1. The lowest BCUT2D eigenvalue weighted by atomic mass is 9.97. The lowest BCUT2D eigenvalue weighted by Crippen LogP contribution is -2.47. The second-order valence-corrected chi connectivity index (χ2v) is 8.79. The molecule has 140 valence electrons. The molecule has 1 aliphatic rings. The lowest BCUT2D eigenvalue weighted by Gasteiger charge is -2.27. The highest BCUT2D eigenvalue weighted by Gasteiger charge is 2.48. The van der Waals surface area contributed by atoms with E-state index in [0.717, 1.165) is 17.4 Å². The summed E-state index contributed by atoms with van der Waals surface area (Å²) in [7, 11) is -3.69. The van der Waals surface area contributed by atoms with E-state index >= 15 is 0 Å². The Morgan fingerprint density at radius 2 is 2.04 bits per heavy atom. The summed E-state index contributed by atoms with van der Waals surface area (Å²) in [5, 5.41) is 4.07. The molecule has 26 heavy (non-hydrogen) atoms. The van der Waals surface area contributed by atoms with Crippen molar-refractivity contribution < 1.29 is 22.8 Å². The van der Waals surface area contributed by atoms with Crippen molar-refractivity contribution in [2.24, 2.45) is 5.16 Å². The summed E-state index contributed by atoms with van der Waals surface area (Å²) in [5.74, 6) is 5.04. The van der Waals surface area contributed by atoms with Crippen LogP contribution in [-0.2, 0) is 24.2 Å². The number of benzene rings is 1. The van der Waals surface area contributed by atoms with Crippen LogP contribution in [0.15, 0.2) is 29.4 Å². The molecule has 0 bridgehead atoms. The van der Waals surface area contributed by atoms with Crippen molar-refractivity contribution in [2.75, 3.05) is 12.9 Å². The summed E-state index contributed by atoms with van der Waals surface area (Å²) in [6.07, 6.45) is 0.929. The molecule has 0 aliphatic carbocycles. The normalized spacial score (nSPS) is 18.8. The molecule has 0 radical (unpaired) electrons. The predicted molar refractivity (Wildman–Crippen MR) is 99.5 cm³/mol. The first-order valence-electron chi connectivity index (χ1n) is 8.34. The zero-order chi connectivity index (χ0) is 19.4. The molecule has 1 aromatic rings. The van der Waals surface area contributed by atoms with E-state index in [1.165, 1.54) is 6.92 Å². The Morgan fingerprint density at radius 1 is 1.38 bits per heavy atom. The summed E-state index contributed by atoms with van der Waals surface area (Å²) in [6, 6.07) is 7.57. The number of oxime groups is 1. The Labute approximate surface area is 154 Å². The molecule has 2 atom stereocenters. The summed E-state index contributed by atoms with van der Waals surface area (Å²) in [5.41, 5.74) is 2.50. The minimum Gasteiger partial charge on any atom is -0.465 e. The van der Waals surface area contributed by atoms with Crippen molar-refractivity contribution in [3.63, 3.8) is 0 Å². The van der Waals surface area contributed by atoms with Crippen LogP contribution in [0, 0.1) is 11.8 Å². The number of ether oxygens (including phenoxy) is 1. The third-order valence-electron chi connectivity index (χ3n) is 4.36. The van der Waals surface area contributed by atoms with Crippen molar-refractivity contribution in [2.45, 2.75) is 44.5 Å². The van der Waals surface area contributed by atoms with E-state index in [9.17, 15) is 13.2 Å². The van der Waals surface area contributed by atoms with Gasteiger partial charge in [-0.05, 0) is 38.5 Å². The third kappa shape index (κ3) is 4.25. The van der Waals surface area contributed by atoms with Crippen LogP contribution in [0.25, 0.3) is 0 Å². The van der Waals surface area contributed by atoms with Crippen LogP contribution < -0.4 is 0 Å². The van der Waals surface area contributed by atoms with Gasteiger partial charge in [-0.25, -0.2) is 8.42 Å². The van der Waals surface area contributed by atoms with E-state index in [1.807, 2.05) is 24.3 Å². The van der Waals surface area contributed by atoms with Gasteiger partial charge < -0.3 is 9.57 Å². The zero-order valence-corrected chi connectivity index (χ0v) is 16.2. The lowest BCUT2D eigenvalue weighted by molar-refractivity contribution is -0.146. The number of nitrogens with zero attached hydrogens (tertiary/aromatic N) is 1. The third-order valence-corrected chi connectivity index (χ3v) is 6.33. The number of rotatable bonds is 6. The molecule has 0 N–H and O–H groups in total. The van der Waals surface area contributed by atoms with E-state index in [1.54, 1.807) is 13.8 Å². The van der Waals surface area contributed by atoms with Crippen LogP contribution in [0.2, 0.25) is 0 Å². The first-order chi connectivity index (χ1) is 12.2. The quantitative estimate of drug-likeness (QED) is 0.561. The van der Waals surface area contributed by atoms with E-state index in [-0.39, 0.29) is 13.0 Å². The minimum atomic E-state index is -3.69. The van der Waals surface area contributed by atoms with Crippen molar-refractivity contribution >= 4 is 21.5 Å². The summed E-state index contributed by atoms with van der Waals surface area (Å²) in [4.78, 5) is 17.6. The summed E-state index contributed by atoms with van der Waals surface area (Å²) in [6.45, 7) is 4.90. The topological polar surface area (TPSA) is 82.0 Å². The zero-order valence-electron chi connectivity index (χ0n) is 15.4. The van der Waals surface area contributed by atoms with E-state index < -0.39 is 26.7 Å². The highest BCUT2D eigenvalue weighted by Crippen LogP contribution is 2.30. The van der Waals surface area contributed by atoms with E-state index in [0.29, 0.717) is 12.1 Å². The average molecular weight is 377 g/mol. The fraction of sp³-hybridized carbons (Fsp3) is 0.474. The molecule has 0 aromatic heterocycles. The molecule has 1 unspecified atom stereocenters. The van der Waals surface area contributed by atoms with E-state index in [2.05, 4.69) is 17.0 Å². The fourth-order valence-electron chi connectivity index (χ4n) is 2.70. The maximum Gasteiger partial charge on any atom is 0.327 e. The first-order valence-corrected chi connectivity index (χ1v) is 10.2. The minimum absolute atomic E-state index is 0.0168. The first kappa shape index (κ1) is 20.0. The number of carbonyl (C=O) groups is 1. The maximum atomic E-state index is 12.2. The Balaban J connectivity index is 2.12. The number of sulfone groups is 1. The van der Waals surface area contributed by atoms with Crippen LogP contribution >= 0.6 is 0 Å². The molecule has 7 heteroatoms. The molecule has 6 nitrogen and oxygen atoms in total. The van der Waals surface area contributed by atoms with Gasteiger partial charge in [0.15, 0.2) is 14.6 Å². The van der Waals surface area contributed by atoms with Gasteiger partial charge in [0, 0.05) is 24.7 Å². The fourth-order valence-corrected chi connectivity index (χ4v) is 3.55. The van der Waals surface area contributed by atoms with Gasteiger partial charge in [0.25, 0.3) is 0 Å². The van der Waals surface area contributed by atoms with Gasteiger partial charge in [0.05, 0.1) is 12.3 Å².